The molecule has 0 aliphatic carbocycles. The van der Waals surface area contributed by atoms with Crippen LogP contribution in [0.3, 0.4) is 0 Å². The second-order valence-corrected chi connectivity index (χ2v) is 4.64. The SMILES string of the molecule is CCOC(=O)C(C)(C)Oc1ccc(Cl)cc1[N+](=O)[O-]. The number of carbonyl (C=O) groups excluding carboxylic acids is 1. The monoisotopic (exact) mass is 287 g/mol. The van der Waals surface area contributed by atoms with Crippen LogP contribution in [0.2, 0.25) is 5.02 Å². The summed E-state index contributed by atoms with van der Waals surface area (Å²) in [6, 6.07) is 3.96. The van der Waals surface area contributed by atoms with Gasteiger partial charge in [0.2, 0.25) is 5.60 Å². The molecule has 0 amide bonds. The van der Waals surface area contributed by atoms with Crippen LogP contribution in [-0.2, 0) is 9.53 Å². The van der Waals surface area contributed by atoms with Gasteiger partial charge in [-0.1, -0.05) is 11.6 Å². The van der Waals surface area contributed by atoms with Gasteiger partial charge in [0.05, 0.1) is 11.5 Å². The maximum Gasteiger partial charge on any atom is 0.349 e. The number of benzene rings is 1. The molecule has 0 N–H and O–H groups in total. The van der Waals surface area contributed by atoms with Gasteiger partial charge in [0.1, 0.15) is 0 Å². The Kier molecular flexibility index (Phi) is 4.72. The Labute approximate surface area is 115 Å². The van der Waals surface area contributed by atoms with E-state index in [1.807, 2.05) is 0 Å². The quantitative estimate of drug-likeness (QED) is 0.472. The summed E-state index contributed by atoms with van der Waals surface area (Å²) in [5.41, 5.74) is -1.63. The van der Waals surface area contributed by atoms with Crippen LogP contribution in [0.1, 0.15) is 20.8 Å². The summed E-state index contributed by atoms with van der Waals surface area (Å²) >= 11 is 5.69. The molecule has 6 nitrogen and oxygen atoms in total. The van der Waals surface area contributed by atoms with Gasteiger partial charge in [-0.05, 0) is 32.9 Å². The van der Waals surface area contributed by atoms with Crippen molar-refractivity contribution in [2.45, 2.75) is 26.4 Å². The van der Waals surface area contributed by atoms with E-state index in [1.165, 1.54) is 26.0 Å². The fraction of sp³-hybridized carbons (Fsp3) is 0.417. The number of carbonyl (C=O) groups is 1. The molecule has 1 aromatic rings. The Hall–Kier alpha value is -1.82. The first-order valence-electron chi connectivity index (χ1n) is 5.58. The van der Waals surface area contributed by atoms with Crippen molar-refractivity contribution < 1.29 is 19.2 Å². The van der Waals surface area contributed by atoms with Crippen molar-refractivity contribution in [3.8, 4) is 5.75 Å². The number of nitro benzene ring substituents is 1. The number of hydrogen-bond acceptors (Lipinski definition) is 5. The molecule has 1 aromatic carbocycles. The van der Waals surface area contributed by atoms with Gasteiger partial charge in [0, 0.05) is 11.1 Å². The highest BCUT2D eigenvalue weighted by atomic mass is 35.5. The van der Waals surface area contributed by atoms with Crippen molar-refractivity contribution in [1.29, 1.82) is 0 Å². The maximum atomic E-state index is 11.7. The van der Waals surface area contributed by atoms with Crippen LogP contribution < -0.4 is 4.74 Å². The van der Waals surface area contributed by atoms with Crippen molar-refractivity contribution in [3.05, 3.63) is 33.3 Å². The van der Waals surface area contributed by atoms with Gasteiger partial charge < -0.3 is 9.47 Å². The zero-order valence-electron chi connectivity index (χ0n) is 10.8. The number of ether oxygens (including phenoxy) is 2. The lowest BCUT2D eigenvalue weighted by Crippen LogP contribution is -2.39. The molecule has 1 rings (SSSR count). The summed E-state index contributed by atoms with van der Waals surface area (Å²) < 4.78 is 10.2. The summed E-state index contributed by atoms with van der Waals surface area (Å²) in [5, 5.41) is 11.1. The summed E-state index contributed by atoms with van der Waals surface area (Å²) in [4.78, 5) is 22.0. The smallest absolute Gasteiger partial charge is 0.349 e. The summed E-state index contributed by atoms with van der Waals surface area (Å²) in [5.74, 6) is -0.633. The van der Waals surface area contributed by atoms with Crippen LogP contribution in [0.15, 0.2) is 18.2 Å². The fourth-order valence-corrected chi connectivity index (χ4v) is 1.51. The van der Waals surface area contributed by atoms with E-state index >= 15 is 0 Å². The van der Waals surface area contributed by atoms with Crippen LogP contribution in [0.4, 0.5) is 5.69 Å². The van der Waals surface area contributed by atoms with Crippen LogP contribution in [0.25, 0.3) is 0 Å². The maximum absolute atomic E-state index is 11.7. The van der Waals surface area contributed by atoms with E-state index < -0.39 is 16.5 Å². The Morgan fingerprint density at radius 3 is 2.63 bits per heavy atom. The summed E-state index contributed by atoms with van der Waals surface area (Å²) in [7, 11) is 0. The van der Waals surface area contributed by atoms with Crippen molar-refractivity contribution in [1.82, 2.24) is 0 Å². The van der Waals surface area contributed by atoms with Crippen LogP contribution >= 0.6 is 11.6 Å². The molecular formula is C12H14ClNO5. The van der Waals surface area contributed by atoms with Crippen LogP contribution in [-0.4, -0.2) is 23.1 Å². The Bertz CT molecular complexity index is 501. The van der Waals surface area contributed by atoms with E-state index in [4.69, 9.17) is 21.1 Å². The van der Waals surface area contributed by atoms with Gasteiger partial charge in [0.15, 0.2) is 5.75 Å². The second kappa shape index (κ2) is 5.88. The van der Waals surface area contributed by atoms with Gasteiger partial charge in [0.25, 0.3) is 0 Å². The fourth-order valence-electron chi connectivity index (χ4n) is 1.34. The number of hydrogen-bond donors (Lipinski definition) is 0. The van der Waals surface area contributed by atoms with Crippen LogP contribution in [0, 0.1) is 10.1 Å². The van der Waals surface area contributed by atoms with E-state index in [9.17, 15) is 14.9 Å². The zero-order valence-corrected chi connectivity index (χ0v) is 11.6. The zero-order chi connectivity index (χ0) is 14.6. The molecule has 0 aliphatic rings. The standard InChI is InChI=1S/C12H14ClNO5/c1-4-18-11(15)12(2,3)19-10-6-5-8(13)7-9(10)14(16)17/h5-7H,4H2,1-3H3. The predicted molar refractivity (Wildman–Crippen MR) is 69.4 cm³/mol. The van der Waals surface area contributed by atoms with Gasteiger partial charge >= 0.3 is 11.7 Å². The highest BCUT2D eigenvalue weighted by Gasteiger charge is 2.34. The number of nitro groups is 1. The topological polar surface area (TPSA) is 78.7 Å². The molecule has 104 valence electrons. The molecule has 19 heavy (non-hydrogen) atoms. The minimum absolute atomic E-state index is 0.0348. The minimum atomic E-state index is -1.32. The summed E-state index contributed by atoms with van der Waals surface area (Å²) in [6.45, 7) is 4.82. The highest BCUT2D eigenvalue weighted by molar-refractivity contribution is 6.30. The van der Waals surface area contributed by atoms with Gasteiger partial charge in [-0.2, -0.15) is 0 Å². The molecule has 0 unspecified atom stereocenters. The molecule has 0 spiro atoms. The first kappa shape index (κ1) is 15.2. The van der Waals surface area contributed by atoms with Gasteiger partial charge in [-0.3, -0.25) is 10.1 Å². The normalized spacial score (nSPS) is 10.9. The second-order valence-electron chi connectivity index (χ2n) is 4.20. The van der Waals surface area contributed by atoms with Gasteiger partial charge in [-0.15, -0.1) is 0 Å². The lowest BCUT2D eigenvalue weighted by molar-refractivity contribution is -0.386. The van der Waals surface area contributed by atoms with E-state index in [1.54, 1.807) is 6.92 Å². The molecular weight excluding hydrogens is 274 g/mol. The highest BCUT2D eigenvalue weighted by Crippen LogP contribution is 2.32. The molecule has 0 saturated heterocycles. The van der Waals surface area contributed by atoms with Crippen LogP contribution in [0.5, 0.6) is 5.75 Å². The third-order valence-corrected chi connectivity index (χ3v) is 2.48. The molecule has 0 aliphatic heterocycles. The number of rotatable bonds is 5. The molecule has 0 bridgehead atoms. The molecule has 0 atom stereocenters. The Balaban J connectivity index is 3.05. The summed E-state index contributed by atoms with van der Waals surface area (Å²) in [6.07, 6.45) is 0. The molecule has 0 saturated carbocycles. The average molecular weight is 288 g/mol. The molecule has 0 aromatic heterocycles. The molecule has 0 fully saturated rings. The minimum Gasteiger partial charge on any atom is -0.469 e. The number of halogens is 1. The van der Waals surface area contributed by atoms with Crippen molar-refractivity contribution in [2.24, 2.45) is 0 Å². The predicted octanol–water partition coefficient (Wildman–Crippen LogP) is 2.97. The number of esters is 1. The van der Waals surface area contributed by atoms with Crippen molar-refractivity contribution in [3.63, 3.8) is 0 Å². The lowest BCUT2D eigenvalue weighted by Gasteiger charge is -2.23. The lowest BCUT2D eigenvalue weighted by atomic mass is 10.1. The molecule has 7 heteroatoms. The van der Waals surface area contributed by atoms with Crippen molar-refractivity contribution in [2.75, 3.05) is 6.61 Å². The molecule has 0 radical (unpaired) electrons. The van der Waals surface area contributed by atoms with Crippen molar-refractivity contribution >= 4 is 23.3 Å². The first-order chi connectivity index (χ1) is 8.77. The van der Waals surface area contributed by atoms with E-state index in [2.05, 4.69) is 0 Å². The van der Waals surface area contributed by atoms with E-state index in [0.29, 0.717) is 0 Å². The van der Waals surface area contributed by atoms with E-state index in [0.717, 1.165) is 6.07 Å². The average Bonchev–Trinajstić information content (AvgIpc) is 2.31. The third-order valence-electron chi connectivity index (χ3n) is 2.25. The first-order valence-corrected chi connectivity index (χ1v) is 5.96. The van der Waals surface area contributed by atoms with E-state index in [-0.39, 0.29) is 23.1 Å². The largest absolute Gasteiger partial charge is 0.469 e. The van der Waals surface area contributed by atoms with Gasteiger partial charge in [-0.25, -0.2) is 4.79 Å². The Morgan fingerprint density at radius 2 is 2.11 bits per heavy atom. The Morgan fingerprint density at radius 1 is 1.47 bits per heavy atom. The number of nitrogens with zero attached hydrogens (tertiary/aromatic N) is 1. The molecule has 0 heterocycles. The third kappa shape index (κ3) is 3.82.